The second kappa shape index (κ2) is 5.41. The first-order chi connectivity index (χ1) is 9.35. The first-order valence-corrected chi connectivity index (χ1v) is 8.25. The first-order valence-electron chi connectivity index (χ1n) is 5.54. The number of carbonyl (C=O) groups is 1. The molecular formula is C11H11NO6S2. The van der Waals surface area contributed by atoms with Crippen LogP contribution in [0.2, 0.25) is 0 Å². The lowest BCUT2D eigenvalue weighted by Crippen LogP contribution is -2.07. The zero-order chi connectivity index (χ0) is 14.9. The molecule has 1 atom stereocenters. The normalized spacial score (nSPS) is 19.4. The van der Waals surface area contributed by atoms with E-state index in [2.05, 4.69) is 4.74 Å². The number of nitrogens with zero attached hydrogens (tertiary/aromatic N) is 1. The Morgan fingerprint density at radius 1 is 1.55 bits per heavy atom. The van der Waals surface area contributed by atoms with E-state index in [1.807, 2.05) is 0 Å². The molecule has 1 aliphatic rings. The van der Waals surface area contributed by atoms with Crippen molar-refractivity contribution in [2.24, 2.45) is 0 Å². The Morgan fingerprint density at radius 3 is 2.85 bits per heavy atom. The smallest absolute Gasteiger partial charge is 0.315 e. The third kappa shape index (κ3) is 2.78. The molecule has 0 spiro atoms. The number of sulfone groups is 1. The van der Waals surface area contributed by atoms with Crippen LogP contribution in [0.1, 0.15) is 10.8 Å². The van der Waals surface area contributed by atoms with Crippen molar-refractivity contribution in [3.63, 3.8) is 0 Å². The molecule has 1 aromatic carbocycles. The summed E-state index contributed by atoms with van der Waals surface area (Å²) < 4.78 is 28.5. The van der Waals surface area contributed by atoms with Crippen molar-refractivity contribution in [3.05, 3.63) is 33.9 Å². The summed E-state index contributed by atoms with van der Waals surface area (Å²) in [7, 11) is -2.29. The Morgan fingerprint density at radius 2 is 2.25 bits per heavy atom. The molecule has 0 unspecified atom stereocenters. The van der Waals surface area contributed by atoms with Gasteiger partial charge < -0.3 is 4.74 Å². The minimum Gasteiger partial charge on any atom is -0.468 e. The summed E-state index contributed by atoms with van der Waals surface area (Å²) in [5.41, 5.74) is 0.246. The van der Waals surface area contributed by atoms with Gasteiger partial charge in [-0.1, -0.05) is 0 Å². The number of rotatable bonds is 4. The van der Waals surface area contributed by atoms with Crippen LogP contribution in [0.25, 0.3) is 0 Å². The lowest BCUT2D eigenvalue weighted by Gasteiger charge is -2.08. The second-order valence-corrected chi connectivity index (χ2v) is 7.33. The third-order valence-electron chi connectivity index (χ3n) is 2.89. The van der Waals surface area contributed by atoms with Gasteiger partial charge in [0.1, 0.15) is 0 Å². The van der Waals surface area contributed by atoms with Gasteiger partial charge in [0.15, 0.2) is 9.84 Å². The maximum atomic E-state index is 12.0. The quantitative estimate of drug-likeness (QED) is 0.468. The summed E-state index contributed by atoms with van der Waals surface area (Å²) in [6, 6.07) is 3.78. The summed E-state index contributed by atoms with van der Waals surface area (Å²) in [6.07, 6.45) is 0. The van der Waals surface area contributed by atoms with Crippen molar-refractivity contribution in [1.29, 1.82) is 0 Å². The molecule has 0 saturated carbocycles. The van der Waals surface area contributed by atoms with Crippen molar-refractivity contribution < 1.29 is 22.9 Å². The summed E-state index contributed by atoms with van der Waals surface area (Å²) >= 11 is 1.15. The van der Waals surface area contributed by atoms with Gasteiger partial charge in [0, 0.05) is 17.4 Å². The van der Waals surface area contributed by atoms with Crippen LogP contribution in [0.3, 0.4) is 0 Å². The van der Waals surface area contributed by atoms with E-state index in [4.69, 9.17) is 0 Å². The van der Waals surface area contributed by atoms with Crippen LogP contribution in [0.5, 0.6) is 0 Å². The van der Waals surface area contributed by atoms with Crippen LogP contribution < -0.4 is 0 Å². The molecule has 0 aliphatic carbocycles. The standard InChI is InChI=1S/C11H11NO6S2/c1-18-11(13)5-19-9-6-20(16,17)10-4-7(12(14)15)2-3-8(9)10/h2-4,9H,5-6H2,1H3/t9-/m0/s1. The predicted molar refractivity (Wildman–Crippen MR) is 72.4 cm³/mol. The van der Waals surface area contributed by atoms with Gasteiger partial charge in [0.2, 0.25) is 0 Å². The minimum absolute atomic E-state index is 0.0194. The van der Waals surface area contributed by atoms with Crippen LogP contribution in [0.15, 0.2) is 23.1 Å². The molecule has 9 heteroatoms. The number of nitro groups is 1. The molecular weight excluding hydrogens is 306 g/mol. The summed E-state index contributed by atoms with van der Waals surface area (Å²) in [5, 5.41) is 10.3. The molecule has 1 heterocycles. The van der Waals surface area contributed by atoms with E-state index in [0.717, 1.165) is 17.8 Å². The average Bonchev–Trinajstić information content (AvgIpc) is 2.67. The zero-order valence-corrected chi connectivity index (χ0v) is 12.1. The number of fused-ring (bicyclic) bond motifs is 1. The van der Waals surface area contributed by atoms with Crippen LogP contribution >= 0.6 is 11.8 Å². The number of hydrogen-bond acceptors (Lipinski definition) is 7. The van der Waals surface area contributed by atoms with Gasteiger partial charge >= 0.3 is 5.97 Å². The SMILES string of the molecule is COC(=O)CS[C@H]1CS(=O)(=O)c2cc([N+](=O)[O-])ccc21. The number of carbonyl (C=O) groups excluding carboxylic acids is 1. The first kappa shape index (κ1) is 14.8. The molecule has 0 amide bonds. The van der Waals surface area contributed by atoms with E-state index in [-0.39, 0.29) is 22.1 Å². The summed E-state index contributed by atoms with van der Waals surface area (Å²) in [6.45, 7) is 0. The van der Waals surface area contributed by atoms with E-state index in [1.165, 1.54) is 19.2 Å². The molecule has 2 rings (SSSR count). The van der Waals surface area contributed by atoms with Gasteiger partial charge in [-0.15, -0.1) is 11.8 Å². The lowest BCUT2D eigenvalue weighted by molar-refractivity contribution is -0.385. The highest BCUT2D eigenvalue weighted by Crippen LogP contribution is 2.43. The van der Waals surface area contributed by atoms with Crippen LogP contribution in [0.4, 0.5) is 5.69 Å². The van der Waals surface area contributed by atoms with E-state index in [9.17, 15) is 23.3 Å². The monoisotopic (exact) mass is 317 g/mol. The Kier molecular flexibility index (Phi) is 4.00. The minimum atomic E-state index is -3.54. The van der Waals surface area contributed by atoms with Crippen molar-refractivity contribution in [1.82, 2.24) is 0 Å². The van der Waals surface area contributed by atoms with E-state index in [1.54, 1.807) is 0 Å². The van der Waals surface area contributed by atoms with Crippen molar-refractivity contribution in [2.75, 3.05) is 18.6 Å². The van der Waals surface area contributed by atoms with Gasteiger partial charge in [0.05, 0.1) is 28.4 Å². The molecule has 108 valence electrons. The fourth-order valence-electron chi connectivity index (χ4n) is 1.92. The average molecular weight is 317 g/mol. The Balaban J connectivity index is 2.32. The van der Waals surface area contributed by atoms with Gasteiger partial charge in [-0.05, 0) is 11.6 Å². The number of non-ortho nitro benzene ring substituents is 1. The van der Waals surface area contributed by atoms with E-state index in [0.29, 0.717) is 5.56 Å². The number of esters is 1. The second-order valence-electron chi connectivity index (χ2n) is 4.14. The topological polar surface area (TPSA) is 104 Å². The maximum Gasteiger partial charge on any atom is 0.315 e. The van der Waals surface area contributed by atoms with Crippen molar-refractivity contribution >= 4 is 33.3 Å². The molecule has 20 heavy (non-hydrogen) atoms. The highest BCUT2D eigenvalue weighted by atomic mass is 32.2. The number of hydrogen-bond donors (Lipinski definition) is 0. The number of ether oxygens (including phenoxy) is 1. The fraction of sp³-hybridized carbons (Fsp3) is 0.364. The molecule has 0 saturated heterocycles. The number of methoxy groups -OCH3 is 1. The molecule has 0 aromatic heterocycles. The van der Waals surface area contributed by atoms with Crippen molar-refractivity contribution in [3.8, 4) is 0 Å². The maximum absolute atomic E-state index is 12.0. The molecule has 0 bridgehead atoms. The molecule has 0 N–H and O–H groups in total. The molecule has 1 aromatic rings. The van der Waals surface area contributed by atoms with E-state index < -0.39 is 26.0 Å². The number of benzene rings is 1. The summed E-state index contributed by atoms with van der Waals surface area (Å²) in [5.74, 6) is -0.569. The lowest BCUT2D eigenvalue weighted by atomic mass is 10.1. The van der Waals surface area contributed by atoms with Crippen LogP contribution in [-0.4, -0.2) is 37.9 Å². The third-order valence-corrected chi connectivity index (χ3v) is 6.12. The number of nitro benzene ring substituents is 1. The van der Waals surface area contributed by atoms with E-state index >= 15 is 0 Å². The van der Waals surface area contributed by atoms with Gasteiger partial charge in [-0.3, -0.25) is 14.9 Å². The Labute approximate surface area is 119 Å². The molecule has 0 radical (unpaired) electrons. The largest absolute Gasteiger partial charge is 0.468 e. The Bertz CT molecular complexity index is 669. The Hall–Kier alpha value is -1.61. The highest BCUT2D eigenvalue weighted by molar-refractivity contribution is 8.02. The van der Waals surface area contributed by atoms with Gasteiger partial charge in [-0.25, -0.2) is 8.42 Å². The fourth-order valence-corrected chi connectivity index (χ4v) is 5.38. The number of thioether (sulfide) groups is 1. The van der Waals surface area contributed by atoms with Gasteiger partial charge in [-0.2, -0.15) is 0 Å². The predicted octanol–water partition coefficient (Wildman–Crippen LogP) is 1.33. The molecule has 0 fully saturated rings. The highest BCUT2D eigenvalue weighted by Gasteiger charge is 2.36. The molecule has 1 aliphatic heterocycles. The molecule has 7 nitrogen and oxygen atoms in total. The zero-order valence-electron chi connectivity index (χ0n) is 10.4. The summed E-state index contributed by atoms with van der Waals surface area (Å²) in [4.78, 5) is 21.1. The van der Waals surface area contributed by atoms with Crippen LogP contribution in [-0.2, 0) is 19.4 Å². The van der Waals surface area contributed by atoms with Crippen LogP contribution in [0, 0.1) is 10.1 Å². The van der Waals surface area contributed by atoms with Gasteiger partial charge in [0.25, 0.3) is 5.69 Å². The van der Waals surface area contributed by atoms with Crippen molar-refractivity contribution in [2.45, 2.75) is 10.1 Å².